The predicted molar refractivity (Wildman–Crippen MR) is 68.2 cm³/mol. The summed E-state index contributed by atoms with van der Waals surface area (Å²) in [6.07, 6.45) is 3.38. The van der Waals surface area contributed by atoms with Crippen LogP contribution < -0.4 is 10.6 Å². The lowest BCUT2D eigenvalue weighted by Gasteiger charge is -2.01. The van der Waals surface area contributed by atoms with Crippen LogP contribution in [0.2, 0.25) is 0 Å². The van der Waals surface area contributed by atoms with E-state index in [9.17, 15) is 9.59 Å². The second-order valence-electron chi connectivity index (χ2n) is 6.25. The second-order valence-corrected chi connectivity index (χ2v) is 6.25. The fraction of sp³-hybridized carbons (Fsp3) is 0.857. The zero-order valence-corrected chi connectivity index (χ0v) is 10.8. The number of nitrogens with one attached hydrogen (secondary N) is 2. The number of hydrogen-bond acceptors (Lipinski definition) is 4. The monoisotopic (exact) mass is 250 g/mol. The van der Waals surface area contributed by atoms with Gasteiger partial charge in [-0.1, -0.05) is 0 Å². The molecule has 4 fully saturated rings. The molecule has 0 radical (unpaired) electrons. The van der Waals surface area contributed by atoms with Gasteiger partial charge in [0.25, 0.3) is 0 Å². The molecule has 4 rings (SSSR count). The van der Waals surface area contributed by atoms with Crippen molar-refractivity contribution >= 4 is 11.6 Å². The highest BCUT2D eigenvalue weighted by Gasteiger charge is 2.36. The van der Waals surface area contributed by atoms with E-state index in [1.807, 2.05) is 0 Å². The van der Waals surface area contributed by atoms with Crippen molar-refractivity contribution in [1.82, 2.24) is 10.6 Å². The highest BCUT2D eigenvalue weighted by Crippen LogP contribution is 2.31. The fourth-order valence-electron chi connectivity index (χ4n) is 3.87. The third kappa shape index (κ3) is 2.50. The number of hydrogen-bond donors (Lipinski definition) is 2. The van der Waals surface area contributed by atoms with Gasteiger partial charge in [-0.3, -0.25) is 9.59 Å². The van der Waals surface area contributed by atoms with Crippen LogP contribution in [0.1, 0.15) is 25.7 Å². The van der Waals surface area contributed by atoms with E-state index in [1.165, 1.54) is 0 Å². The summed E-state index contributed by atoms with van der Waals surface area (Å²) >= 11 is 0. The Morgan fingerprint density at radius 2 is 0.889 bits per heavy atom. The minimum atomic E-state index is 0.478. The van der Waals surface area contributed by atoms with Crippen LogP contribution >= 0.6 is 0 Å². The van der Waals surface area contributed by atoms with Gasteiger partial charge >= 0.3 is 0 Å². The summed E-state index contributed by atoms with van der Waals surface area (Å²) in [7, 11) is 0. The normalized spacial score (nSPS) is 41.6. The Kier molecular flexibility index (Phi) is 3.48. The SMILES string of the molecule is O=C1C[C@H]2CNC[C@H]2C1.O=C1C[C@H]2CNC[C@H]2C1. The molecule has 2 N–H and O–H groups in total. The van der Waals surface area contributed by atoms with E-state index in [0.717, 1.165) is 51.9 Å². The van der Waals surface area contributed by atoms with Crippen molar-refractivity contribution in [2.45, 2.75) is 25.7 Å². The van der Waals surface area contributed by atoms with E-state index in [4.69, 9.17) is 0 Å². The van der Waals surface area contributed by atoms with Gasteiger partial charge in [0.2, 0.25) is 0 Å². The van der Waals surface area contributed by atoms with E-state index >= 15 is 0 Å². The standard InChI is InChI=1S/2C7H11NO/c2*9-7-1-5-3-8-4-6(5)2-7/h2*5-6,8H,1-4H2/t2*5-,6+. The van der Waals surface area contributed by atoms with Crippen LogP contribution in [0, 0.1) is 23.7 Å². The van der Waals surface area contributed by atoms with Crippen molar-refractivity contribution in [3.63, 3.8) is 0 Å². The van der Waals surface area contributed by atoms with Gasteiger partial charge in [0.05, 0.1) is 0 Å². The van der Waals surface area contributed by atoms with Crippen molar-refractivity contribution in [2.75, 3.05) is 26.2 Å². The number of ketones is 2. The van der Waals surface area contributed by atoms with Crippen LogP contribution in [0.15, 0.2) is 0 Å². The van der Waals surface area contributed by atoms with Gasteiger partial charge in [-0.2, -0.15) is 0 Å². The molecule has 0 aromatic rings. The van der Waals surface area contributed by atoms with Gasteiger partial charge in [0, 0.05) is 25.7 Å². The third-order valence-corrected chi connectivity index (χ3v) is 4.92. The van der Waals surface area contributed by atoms with Crippen molar-refractivity contribution in [1.29, 1.82) is 0 Å². The lowest BCUT2D eigenvalue weighted by atomic mass is 10.0. The summed E-state index contributed by atoms with van der Waals surface area (Å²) in [4.78, 5) is 21.7. The topological polar surface area (TPSA) is 58.2 Å². The maximum absolute atomic E-state index is 10.8. The lowest BCUT2D eigenvalue weighted by molar-refractivity contribution is -0.118. The molecule has 100 valence electrons. The molecular weight excluding hydrogens is 228 g/mol. The second kappa shape index (κ2) is 5.10. The van der Waals surface area contributed by atoms with Gasteiger partial charge in [-0.15, -0.1) is 0 Å². The third-order valence-electron chi connectivity index (χ3n) is 4.92. The fourth-order valence-corrected chi connectivity index (χ4v) is 3.87. The van der Waals surface area contributed by atoms with Crippen LogP contribution in [-0.2, 0) is 9.59 Å². The van der Waals surface area contributed by atoms with Crippen LogP contribution in [0.4, 0.5) is 0 Å². The zero-order valence-electron chi connectivity index (χ0n) is 10.8. The molecule has 0 aromatic carbocycles. The number of fused-ring (bicyclic) bond motifs is 2. The maximum atomic E-state index is 10.8. The molecule has 2 heterocycles. The van der Waals surface area contributed by atoms with Gasteiger partial charge in [-0.05, 0) is 49.9 Å². The Morgan fingerprint density at radius 1 is 0.611 bits per heavy atom. The molecule has 0 bridgehead atoms. The molecule has 2 aliphatic heterocycles. The number of rotatable bonds is 0. The van der Waals surface area contributed by atoms with Gasteiger partial charge in [0.1, 0.15) is 11.6 Å². The van der Waals surface area contributed by atoms with Crippen molar-refractivity contribution < 1.29 is 9.59 Å². The minimum absolute atomic E-state index is 0.478. The molecule has 4 atom stereocenters. The smallest absolute Gasteiger partial charge is 0.133 e. The van der Waals surface area contributed by atoms with E-state index in [0.29, 0.717) is 35.2 Å². The minimum Gasteiger partial charge on any atom is -0.316 e. The molecule has 2 aliphatic carbocycles. The first-order valence-corrected chi connectivity index (χ1v) is 7.17. The van der Waals surface area contributed by atoms with Gasteiger partial charge < -0.3 is 10.6 Å². The lowest BCUT2D eigenvalue weighted by Crippen LogP contribution is -2.11. The Hall–Kier alpha value is -0.740. The van der Waals surface area contributed by atoms with Crippen LogP contribution in [0.3, 0.4) is 0 Å². The zero-order chi connectivity index (χ0) is 12.5. The summed E-state index contributed by atoms with van der Waals surface area (Å²) in [5, 5.41) is 6.59. The van der Waals surface area contributed by atoms with Crippen LogP contribution in [0.25, 0.3) is 0 Å². The highest BCUT2D eigenvalue weighted by molar-refractivity contribution is 5.81. The maximum Gasteiger partial charge on any atom is 0.133 e. The molecule has 4 heteroatoms. The van der Waals surface area contributed by atoms with E-state index in [1.54, 1.807) is 0 Å². The first-order valence-electron chi connectivity index (χ1n) is 7.17. The summed E-state index contributed by atoms with van der Waals surface area (Å²) in [5.74, 6) is 3.72. The van der Waals surface area contributed by atoms with Crippen LogP contribution in [-0.4, -0.2) is 37.7 Å². The van der Waals surface area contributed by atoms with Gasteiger partial charge in [-0.25, -0.2) is 0 Å². The number of Topliss-reactive ketones (excluding diaryl/α,β-unsaturated/α-hetero) is 2. The Labute approximate surface area is 108 Å². The van der Waals surface area contributed by atoms with E-state index in [2.05, 4.69) is 10.6 Å². The number of carbonyl (C=O) groups excluding carboxylic acids is 2. The largest absolute Gasteiger partial charge is 0.316 e. The average molecular weight is 250 g/mol. The summed E-state index contributed by atoms with van der Waals surface area (Å²) in [6, 6.07) is 0. The first kappa shape index (κ1) is 12.3. The Bertz CT molecular complexity index is 294. The summed E-state index contributed by atoms with van der Waals surface area (Å²) in [6.45, 7) is 4.32. The molecule has 4 aliphatic rings. The average Bonchev–Trinajstić information content (AvgIpc) is 2.97. The summed E-state index contributed by atoms with van der Waals surface area (Å²) in [5.41, 5.74) is 0. The summed E-state index contributed by atoms with van der Waals surface area (Å²) < 4.78 is 0. The molecule has 0 aromatic heterocycles. The molecule has 0 spiro atoms. The molecule has 4 nitrogen and oxygen atoms in total. The Morgan fingerprint density at radius 3 is 1.17 bits per heavy atom. The van der Waals surface area contributed by atoms with Crippen molar-refractivity contribution in [2.24, 2.45) is 23.7 Å². The van der Waals surface area contributed by atoms with E-state index in [-0.39, 0.29) is 0 Å². The molecular formula is C14H22N2O2. The Balaban J connectivity index is 0.000000111. The van der Waals surface area contributed by atoms with Crippen molar-refractivity contribution in [3.05, 3.63) is 0 Å². The molecule has 0 amide bonds. The highest BCUT2D eigenvalue weighted by atomic mass is 16.1. The van der Waals surface area contributed by atoms with Crippen molar-refractivity contribution in [3.8, 4) is 0 Å². The first-order chi connectivity index (χ1) is 8.72. The van der Waals surface area contributed by atoms with Crippen LogP contribution in [0.5, 0.6) is 0 Å². The molecule has 0 unspecified atom stereocenters. The number of carbonyl (C=O) groups is 2. The predicted octanol–water partition coefficient (Wildman–Crippen LogP) is 0.370. The quantitative estimate of drug-likeness (QED) is 0.652. The molecule has 18 heavy (non-hydrogen) atoms. The molecule has 2 saturated carbocycles. The van der Waals surface area contributed by atoms with E-state index < -0.39 is 0 Å². The van der Waals surface area contributed by atoms with Gasteiger partial charge in [0.15, 0.2) is 0 Å². The molecule has 2 saturated heterocycles.